The number of benzene rings is 3. The molecule has 0 radical (unpaired) electrons. The predicted octanol–water partition coefficient (Wildman–Crippen LogP) is 10.0. The Morgan fingerprint density at radius 2 is 1.11 bits per heavy atom. The lowest BCUT2D eigenvalue weighted by atomic mass is 9.79. The lowest BCUT2D eigenvalue weighted by molar-refractivity contribution is -0.317. The zero-order chi connectivity index (χ0) is 44.9. The Morgan fingerprint density at radius 3 is 1.60 bits per heavy atom. The average molecular weight is 892 g/mol. The molecule has 3 aromatic rings. The number of fused-ring (bicyclic) bond motifs is 1. The molecule has 62 heavy (non-hydrogen) atoms. The first kappa shape index (κ1) is 49.1. The number of hydrogen-bond acceptors (Lipinski definition) is 10. The molecule has 0 amide bonds. The van der Waals surface area contributed by atoms with Crippen molar-refractivity contribution >= 4 is 16.6 Å². The highest BCUT2D eigenvalue weighted by atomic mass is 28.4. The highest BCUT2D eigenvalue weighted by molar-refractivity contribution is 6.74. The van der Waals surface area contributed by atoms with Gasteiger partial charge in [-0.1, -0.05) is 133 Å². The van der Waals surface area contributed by atoms with Crippen LogP contribution in [0.2, 0.25) is 36.3 Å². The summed E-state index contributed by atoms with van der Waals surface area (Å²) in [6, 6.07) is 30.6. The van der Waals surface area contributed by atoms with Crippen molar-refractivity contribution in [3.63, 3.8) is 0 Å². The summed E-state index contributed by atoms with van der Waals surface area (Å²) in [5.41, 5.74) is 3.17. The predicted molar refractivity (Wildman–Crippen MR) is 250 cm³/mol. The summed E-state index contributed by atoms with van der Waals surface area (Å²) in [6.07, 6.45) is -2.76. The molecule has 0 spiro atoms. The molecule has 6 rings (SSSR count). The van der Waals surface area contributed by atoms with Crippen molar-refractivity contribution in [2.45, 2.75) is 179 Å². The lowest BCUT2D eigenvalue weighted by Gasteiger charge is -2.49. The van der Waals surface area contributed by atoms with E-state index in [9.17, 15) is 0 Å². The maximum Gasteiger partial charge on any atom is 0.192 e. The lowest BCUT2D eigenvalue weighted by Crippen LogP contribution is -2.65. The van der Waals surface area contributed by atoms with Crippen molar-refractivity contribution in [1.29, 1.82) is 0 Å². The van der Waals surface area contributed by atoms with Gasteiger partial charge in [-0.2, -0.15) is 0 Å². The highest BCUT2D eigenvalue weighted by Gasteiger charge is 2.57. The Morgan fingerprint density at radius 1 is 0.645 bits per heavy atom. The maximum atomic E-state index is 7.28. The zero-order valence-corrected chi connectivity index (χ0v) is 41.9. The Balaban J connectivity index is 1.34. The van der Waals surface area contributed by atoms with Crippen molar-refractivity contribution in [3.05, 3.63) is 108 Å². The third-order valence-corrected chi connectivity index (χ3v) is 22.9. The van der Waals surface area contributed by atoms with Gasteiger partial charge < -0.3 is 47.3 Å². The van der Waals surface area contributed by atoms with Crippen LogP contribution in [-0.2, 0) is 61.8 Å². The van der Waals surface area contributed by atoms with Gasteiger partial charge in [0.05, 0.1) is 32.0 Å². The van der Waals surface area contributed by atoms with Crippen LogP contribution in [0.15, 0.2) is 91.0 Å². The Hall–Kier alpha value is -2.31. The van der Waals surface area contributed by atoms with Gasteiger partial charge in [-0.15, -0.1) is 0 Å². The van der Waals surface area contributed by atoms with Gasteiger partial charge in [0.2, 0.25) is 0 Å². The Kier molecular flexibility index (Phi) is 16.2. The minimum atomic E-state index is -2.21. The summed E-state index contributed by atoms with van der Waals surface area (Å²) in [5.74, 6) is -0.783. The molecule has 3 aromatic carbocycles. The molecule has 344 valence electrons. The van der Waals surface area contributed by atoms with Gasteiger partial charge in [0.25, 0.3) is 0 Å². The summed E-state index contributed by atoms with van der Waals surface area (Å²) in [5, 5.41) is 4.10. The smallest absolute Gasteiger partial charge is 0.192 e. The monoisotopic (exact) mass is 892 g/mol. The van der Waals surface area contributed by atoms with E-state index in [1.165, 1.54) is 0 Å². The van der Waals surface area contributed by atoms with E-state index in [4.69, 9.17) is 42.0 Å². The first-order chi connectivity index (χ1) is 29.2. The fourth-order valence-corrected chi connectivity index (χ4v) is 10.6. The van der Waals surface area contributed by atoms with Gasteiger partial charge in [0, 0.05) is 32.2 Å². The molecule has 2 saturated heterocycles. The molecule has 0 bridgehead atoms. The standard InChI is InChI=1S/C50H77NO9Si2/c1-48(2,3)61(10,11)56-34-38-39(29-40(60-62(12,13)49(4,5)6)44-42(38)58-50(7,8)59-44)51-30-41-43(53-31-35-23-17-14-18-24-35)45(54-32-36-25-19-15-20-26-36)46(47(52-9)57-41)55-33-37-27-21-16-22-28-37/h14-28,38-47,51H,29-34H2,1-13H3/t38-,39-,40-,41+,42+,43+,44+,45-,46+,47+/m0/s1. The van der Waals surface area contributed by atoms with Crippen molar-refractivity contribution in [3.8, 4) is 0 Å². The maximum absolute atomic E-state index is 7.28. The quantitative estimate of drug-likeness (QED) is 0.124. The fourth-order valence-electron chi connectivity index (χ4n) is 8.23. The van der Waals surface area contributed by atoms with Gasteiger partial charge in [0.1, 0.15) is 30.5 Å². The van der Waals surface area contributed by atoms with Crippen molar-refractivity contribution in [2.75, 3.05) is 20.3 Å². The van der Waals surface area contributed by atoms with Crippen LogP contribution in [0.3, 0.4) is 0 Å². The second-order valence-corrected chi connectivity index (χ2v) is 30.6. The van der Waals surface area contributed by atoms with E-state index in [-0.39, 0.29) is 40.3 Å². The highest BCUT2D eigenvalue weighted by Crippen LogP contribution is 2.46. The number of rotatable bonds is 18. The van der Waals surface area contributed by atoms with Crippen LogP contribution in [0, 0.1) is 5.92 Å². The minimum Gasteiger partial charge on any atom is -0.416 e. The summed E-state index contributed by atoms with van der Waals surface area (Å²) in [6.45, 7) is 29.1. The van der Waals surface area contributed by atoms with Crippen LogP contribution in [0.4, 0.5) is 0 Å². The van der Waals surface area contributed by atoms with E-state index in [2.05, 4.69) is 109 Å². The molecule has 3 aliphatic rings. The van der Waals surface area contributed by atoms with Gasteiger partial charge in [-0.25, -0.2) is 0 Å². The Bertz CT molecular complexity index is 1800. The molecular weight excluding hydrogens is 815 g/mol. The second-order valence-electron chi connectivity index (χ2n) is 21.0. The van der Waals surface area contributed by atoms with Crippen LogP contribution in [0.5, 0.6) is 0 Å². The van der Waals surface area contributed by atoms with E-state index < -0.39 is 53.1 Å². The van der Waals surface area contributed by atoms with Crippen LogP contribution < -0.4 is 5.32 Å². The molecule has 10 nitrogen and oxygen atoms in total. The molecule has 0 aromatic heterocycles. The molecule has 12 heteroatoms. The van der Waals surface area contributed by atoms with E-state index in [0.717, 1.165) is 23.1 Å². The van der Waals surface area contributed by atoms with Crippen LogP contribution in [-0.4, -0.2) is 97.7 Å². The molecule has 1 N–H and O–H groups in total. The summed E-state index contributed by atoms with van der Waals surface area (Å²) >= 11 is 0. The number of hydrogen-bond donors (Lipinski definition) is 1. The van der Waals surface area contributed by atoms with Crippen molar-refractivity contribution < 1.29 is 42.0 Å². The van der Waals surface area contributed by atoms with E-state index >= 15 is 0 Å². The van der Waals surface area contributed by atoms with Crippen LogP contribution >= 0.6 is 0 Å². The molecule has 3 fully saturated rings. The van der Waals surface area contributed by atoms with E-state index in [1.54, 1.807) is 7.11 Å². The van der Waals surface area contributed by atoms with Gasteiger partial charge in [-0.05, 0) is 73.2 Å². The summed E-state index contributed by atoms with van der Waals surface area (Å²) in [4.78, 5) is 0. The Labute approximate surface area is 375 Å². The summed E-state index contributed by atoms with van der Waals surface area (Å²) < 4.78 is 61.7. The summed E-state index contributed by atoms with van der Waals surface area (Å²) in [7, 11) is -2.67. The first-order valence-electron chi connectivity index (χ1n) is 22.7. The first-order valence-corrected chi connectivity index (χ1v) is 28.6. The van der Waals surface area contributed by atoms with Crippen LogP contribution in [0.25, 0.3) is 0 Å². The fraction of sp³-hybridized carbons (Fsp3) is 0.640. The van der Waals surface area contributed by atoms with Gasteiger partial charge in [-0.3, -0.25) is 0 Å². The topological polar surface area (TPSA) is 95.1 Å². The minimum absolute atomic E-state index is 0.0188. The molecular formula is C50H77NO9Si2. The normalized spacial score (nSPS) is 29.4. The molecule has 2 heterocycles. The second kappa shape index (κ2) is 20.5. The zero-order valence-electron chi connectivity index (χ0n) is 39.9. The molecule has 10 atom stereocenters. The van der Waals surface area contributed by atoms with Gasteiger partial charge >= 0.3 is 0 Å². The molecule has 1 saturated carbocycles. The third kappa shape index (κ3) is 12.3. The van der Waals surface area contributed by atoms with Crippen molar-refractivity contribution in [2.24, 2.45) is 5.92 Å². The average Bonchev–Trinajstić information content (AvgIpc) is 3.55. The van der Waals surface area contributed by atoms with E-state index in [0.29, 0.717) is 33.0 Å². The van der Waals surface area contributed by atoms with Gasteiger partial charge in [0.15, 0.2) is 28.7 Å². The van der Waals surface area contributed by atoms with E-state index in [1.807, 2.05) is 68.4 Å². The van der Waals surface area contributed by atoms with Crippen molar-refractivity contribution in [1.82, 2.24) is 5.32 Å². The number of methoxy groups -OCH3 is 1. The number of nitrogens with one attached hydrogen (secondary N) is 1. The number of ether oxygens (including phenoxy) is 7. The molecule has 2 aliphatic heterocycles. The molecule has 1 aliphatic carbocycles. The largest absolute Gasteiger partial charge is 0.416 e. The third-order valence-electron chi connectivity index (χ3n) is 13.9. The van der Waals surface area contributed by atoms with Crippen LogP contribution in [0.1, 0.15) is 78.5 Å². The molecule has 0 unspecified atom stereocenters. The SMILES string of the molecule is CO[C@@H]1O[C@H](CN[C@H]2C[C@H](O[Si](C)(C)C(C)(C)C)[C@H]3OC(C)(C)O[C@@H]3[C@H]2CO[Si](C)(C)C(C)(C)C)[C@@H](OCc2ccccc2)[C@H](OCc2ccccc2)[C@H]1OCc1ccccc1.